The second-order valence-corrected chi connectivity index (χ2v) is 4.37. The molecule has 0 aliphatic heterocycles. The second-order valence-electron chi connectivity index (χ2n) is 4.37. The van der Waals surface area contributed by atoms with Gasteiger partial charge in [-0.3, -0.25) is 0 Å². The first kappa shape index (κ1) is 7.39. The van der Waals surface area contributed by atoms with Crippen molar-refractivity contribution in [3.05, 3.63) is 11.6 Å². The van der Waals surface area contributed by atoms with Crippen molar-refractivity contribution in [2.75, 3.05) is 0 Å². The van der Waals surface area contributed by atoms with E-state index in [0.29, 0.717) is 0 Å². The number of rotatable bonds is 1. The fourth-order valence-electron chi connectivity index (χ4n) is 2.91. The van der Waals surface area contributed by atoms with Crippen molar-refractivity contribution < 1.29 is 0 Å². The zero-order valence-electron chi connectivity index (χ0n) is 7.64. The van der Waals surface area contributed by atoms with Crippen LogP contribution in [0.3, 0.4) is 0 Å². The molecular formula is C11H18. The normalized spacial score (nSPS) is 42.4. The van der Waals surface area contributed by atoms with Gasteiger partial charge in [-0.2, -0.15) is 0 Å². The third-order valence-corrected chi connectivity index (χ3v) is 3.36. The van der Waals surface area contributed by atoms with Gasteiger partial charge < -0.3 is 0 Å². The SMILES string of the molecule is CCC1CC2CC1=CC(C)C2. The molecule has 3 atom stereocenters. The minimum absolute atomic E-state index is 0.875. The van der Waals surface area contributed by atoms with E-state index in [-0.39, 0.29) is 0 Å². The molecule has 0 heteroatoms. The molecule has 0 heterocycles. The van der Waals surface area contributed by atoms with Gasteiger partial charge in [0.15, 0.2) is 0 Å². The van der Waals surface area contributed by atoms with Gasteiger partial charge in [0.25, 0.3) is 0 Å². The van der Waals surface area contributed by atoms with Gasteiger partial charge in [-0.15, -0.1) is 0 Å². The van der Waals surface area contributed by atoms with Crippen molar-refractivity contribution >= 4 is 0 Å². The molecule has 2 rings (SSSR count). The van der Waals surface area contributed by atoms with Gasteiger partial charge in [-0.25, -0.2) is 0 Å². The molecule has 0 radical (unpaired) electrons. The molecular weight excluding hydrogens is 132 g/mol. The molecule has 2 aliphatic carbocycles. The van der Waals surface area contributed by atoms with Gasteiger partial charge in [0.2, 0.25) is 0 Å². The van der Waals surface area contributed by atoms with Crippen molar-refractivity contribution in [2.45, 2.75) is 39.5 Å². The highest BCUT2D eigenvalue weighted by Crippen LogP contribution is 2.45. The minimum atomic E-state index is 0.875. The Balaban J connectivity index is 2.17. The van der Waals surface area contributed by atoms with Gasteiger partial charge in [0.05, 0.1) is 0 Å². The molecule has 0 aromatic heterocycles. The molecule has 0 nitrogen and oxygen atoms in total. The van der Waals surface area contributed by atoms with Crippen LogP contribution < -0.4 is 0 Å². The van der Waals surface area contributed by atoms with Crippen LogP contribution in [0.4, 0.5) is 0 Å². The van der Waals surface area contributed by atoms with E-state index in [0.717, 1.165) is 17.8 Å². The lowest BCUT2D eigenvalue weighted by Crippen LogP contribution is -2.04. The van der Waals surface area contributed by atoms with Crippen LogP contribution in [0.1, 0.15) is 39.5 Å². The highest BCUT2D eigenvalue weighted by molar-refractivity contribution is 5.17. The number of hydrogen-bond donors (Lipinski definition) is 0. The van der Waals surface area contributed by atoms with Crippen LogP contribution in [-0.2, 0) is 0 Å². The molecule has 2 bridgehead atoms. The molecule has 0 spiro atoms. The van der Waals surface area contributed by atoms with Crippen molar-refractivity contribution in [3.8, 4) is 0 Å². The van der Waals surface area contributed by atoms with Crippen LogP contribution in [-0.4, -0.2) is 0 Å². The molecule has 3 unspecified atom stereocenters. The molecule has 0 aromatic rings. The first-order valence-corrected chi connectivity index (χ1v) is 5.00. The summed E-state index contributed by atoms with van der Waals surface area (Å²) >= 11 is 0. The standard InChI is InChI=1S/C11H18/c1-3-10-6-9-4-8(2)5-11(10)7-9/h5,8-10H,3-4,6-7H2,1-2H3. The zero-order valence-corrected chi connectivity index (χ0v) is 7.64. The van der Waals surface area contributed by atoms with Crippen molar-refractivity contribution in [1.29, 1.82) is 0 Å². The van der Waals surface area contributed by atoms with Crippen molar-refractivity contribution in [3.63, 3.8) is 0 Å². The predicted molar refractivity (Wildman–Crippen MR) is 48.4 cm³/mol. The lowest BCUT2D eigenvalue weighted by Gasteiger charge is -2.17. The van der Waals surface area contributed by atoms with Gasteiger partial charge >= 0.3 is 0 Å². The van der Waals surface area contributed by atoms with Crippen LogP contribution in [0, 0.1) is 17.8 Å². The molecule has 0 N–H and O–H groups in total. The van der Waals surface area contributed by atoms with E-state index in [1.807, 2.05) is 0 Å². The number of hydrogen-bond acceptors (Lipinski definition) is 0. The first-order valence-electron chi connectivity index (χ1n) is 5.00. The molecule has 0 aromatic carbocycles. The molecule has 11 heavy (non-hydrogen) atoms. The van der Waals surface area contributed by atoms with E-state index >= 15 is 0 Å². The summed E-state index contributed by atoms with van der Waals surface area (Å²) in [5.74, 6) is 2.89. The molecule has 62 valence electrons. The average Bonchev–Trinajstić information content (AvgIpc) is 2.25. The van der Waals surface area contributed by atoms with Crippen LogP contribution in [0.15, 0.2) is 11.6 Å². The smallest absolute Gasteiger partial charge is 0.0203 e. The second kappa shape index (κ2) is 2.66. The summed E-state index contributed by atoms with van der Waals surface area (Å²) in [7, 11) is 0. The minimum Gasteiger partial charge on any atom is -0.0822 e. The van der Waals surface area contributed by atoms with Gasteiger partial charge in [0, 0.05) is 0 Å². The van der Waals surface area contributed by atoms with E-state index in [2.05, 4.69) is 19.9 Å². The molecule has 0 amide bonds. The van der Waals surface area contributed by atoms with E-state index in [4.69, 9.17) is 0 Å². The van der Waals surface area contributed by atoms with E-state index in [1.54, 1.807) is 5.57 Å². The van der Waals surface area contributed by atoms with Gasteiger partial charge in [-0.1, -0.05) is 25.5 Å². The summed E-state index contributed by atoms with van der Waals surface area (Å²) < 4.78 is 0. The average molecular weight is 150 g/mol. The predicted octanol–water partition coefficient (Wildman–Crippen LogP) is 3.39. The summed E-state index contributed by atoms with van der Waals surface area (Å²) in [4.78, 5) is 0. The Labute approximate surface area is 69.7 Å². The van der Waals surface area contributed by atoms with Gasteiger partial charge in [-0.05, 0) is 43.4 Å². The Morgan fingerprint density at radius 1 is 1.45 bits per heavy atom. The van der Waals surface area contributed by atoms with Gasteiger partial charge in [0.1, 0.15) is 0 Å². The highest BCUT2D eigenvalue weighted by Gasteiger charge is 2.32. The topological polar surface area (TPSA) is 0 Å². The lowest BCUT2D eigenvalue weighted by molar-refractivity contribution is 0.420. The zero-order chi connectivity index (χ0) is 7.84. The van der Waals surface area contributed by atoms with Crippen LogP contribution in [0.25, 0.3) is 0 Å². The quantitative estimate of drug-likeness (QED) is 0.503. The summed E-state index contributed by atoms with van der Waals surface area (Å²) in [6, 6.07) is 0. The number of allylic oxidation sites excluding steroid dienone is 2. The van der Waals surface area contributed by atoms with Crippen LogP contribution in [0.5, 0.6) is 0 Å². The third-order valence-electron chi connectivity index (χ3n) is 3.36. The fourth-order valence-corrected chi connectivity index (χ4v) is 2.91. The maximum atomic E-state index is 2.54. The first-order chi connectivity index (χ1) is 5.29. The Morgan fingerprint density at radius 2 is 2.27 bits per heavy atom. The van der Waals surface area contributed by atoms with Crippen molar-refractivity contribution in [2.24, 2.45) is 17.8 Å². The molecule has 1 saturated carbocycles. The van der Waals surface area contributed by atoms with Crippen LogP contribution in [0.2, 0.25) is 0 Å². The largest absolute Gasteiger partial charge is 0.0822 e. The van der Waals surface area contributed by atoms with Crippen LogP contribution >= 0.6 is 0 Å². The summed E-state index contributed by atoms with van der Waals surface area (Å²) in [6.07, 6.45) is 8.29. The fraction of sp³-hybridized carbons (Fsp3) is 0.818. The highest BCUT2D eigenvalue weighted by atomic mass is 14.4. The summed E-state index contributed by atoms with van der Waals surface area (Å²) in [5.41, 5.74) is 1.79. The van der Waals surface area contributed by atoms with E-state index in [1.165, 1.54) is 25.7 Å². The Hall–Kier alpha value is -0.260. The third kappa shape index (κ3) is 1.23. The molecule has 2 aliphatic rings. The molecule has 1 fully saturated rings. The Morgan fingerprint density at radius 3 is 3.00 bits per heavy atom. The maximum Gasteiger partial charge on any atom is -0.0203 e. The van der Waals surface area contributed by atoms with E-state index < -0.39 is 0 Å². The Bertz CT molecular complexity index is 178. The number of fused-ring (bicyclic) bond motifs is 2. The Kier molecular flexibility index (Phi) is 1.78. The monoisotopic (exact) mass is 150 g/mol. The van der Waals surface area contributed by atoms with Crippen molar-refractivity contribution in [1.82, 2.24) is 0 Å². The van der Waals surface area contributed by atoms with E-state index in [9.17, 15) is 0 Å². The molecule has 0 saturated heterocycles. The summed E-state index contributed by atoms with van der Waals surface area (Å²) in [5, 5.41) is 0. The maximum absolute atomic E-state index is 2.54. The lowest BCUT2D eigenvalue weighted by atomic mass is 9.89. The summed E-state index contributed by atoms with van der Waals surface area (Å²) in [6.45, 7) is 4.70.